The number of carbonyl (C=O) groups is 2. The fourth-order valence-corrected chi connectivity index (χ4v) is 2.72. The van der Waals surface area contributed by atoms with E-state index in [-0.39, 0.29) is 19.0 Å². The average molecular weight is 397 g/mol. The molecule has 0 radical (unpaired) electrons. The molecular weight excluding hydrogens is 379 g/mol. The molecule has 0 heterocycles. The van der Waals surface area contributed by atoms with E-state index in [4.69, 9.17) is 0 Å². The van der Waals surface area contributed by atoms with E-state index in [1.807, 2.05) is 24.5 Å². The number of halogens is 3. The van der Waals surface area contributed by atoms with Crippen molar-refractivity contribution in [2.24, 2.45) is 0 Å². The van der Waals surface area contributed by atoms with Gasteiger partial charge in [-0.2, -0.15) is 0 Å². The molecule has 144 valence electrons. The zero-order chi connectivity index (χ0) is 20.0. The average Bonchev–Trinajstić information content (AvgIpc) is 2.62. The van der Waals surface area contributed by atoms with Gasteiger partial charge in [0.25, 0.3) is 0 Å². The number of benzene rings is 2. The number of hydrogen-bond acceptors (Lipinski definition) is 4. The Morgan fingerprint density at radius 2 is 1.67 bits per heavy atom. The summed E-state index contributed by atoms with van der Waals surface area (Å²) in [6.45, 7) is -0.326. The standard InChI is InChI=1S/C18H18F3N3O2S/c1-24(9-15(25)22-11-4-3-5-12(8-11)27-2)10-16(26)23-14-7-6-13(19)17(20)18(14)21/h3-8H,9-10H2,1-2H3,(H,22,25)(H,23,26). The SMILES string of the molecule is CSc1cccc(NC(=O)CN(C)CC(=O)Nc2ccc(F)c(F)c2F)c1. The fourth-order valence-electron chi connectivity index (χ4n) is 2.26. The van der Waals surface area contributed by atoms with E-state index in [9.17, 15) is 22.8 Å². The van der Waals surface area contributed by atoms with Crippen LogP contribution in [0.15, 0.2) is 41.3 Å². The van der Waals surface area contributed by atoms with E-state index in [0.29, 0.717) is 11.8 Å². The van der Waals surface area contributed by atoms with Crippen molar-refractivity contribution in [2.75, 3.05) is 37.0 Å². The number of rotatable bonds is 7. The van der Waals surface area contributed by atoms with Gasteiger partial charge in [-0.1, -0.05) is 6.07 Å². The molecule has 0 saturated carbocycles. The Morgan fingerprint density at radius 1 is 1.00 bits per heavy atom. The van der Waals surface area contributed by atoms with E-state index in [2.05, 4.69) is 10.6 Å². The third-order valence-electron chi connectivity index (χ3n) is 3.49. The molecule has 0 aliphatic carbocycles. The van der Waals surface area contributed by atoms with Gasteiger partial charge in [0.2, 0.25) is 11.8 Å². The van der Waals surface area contributed by atoms with Gasteiger partial charge in [0.15, 0.2) is 17.5 Å². The van der Waals surface area contributed by atoms with Crippen LogP contribution in [0.4, 0.5) is 24.5 Å². The molecule has 0 fully saturated rings. The molecule has 2 aromatic rings. The number of likely N-dealkylation sites (N-methyl/N-ethyl adjacent to an activating group) is 1. The lowest BCUT2D eigenvalue weighted by Gasteiger charge is -2.16. The van der Waals surface area contributed by atoms with Crippen LogP contribution in [0.25, 0.3) is 0 Å². The van der Waals surface area contributed by atoms with Gasteiger partial charge < -0.3 is 10.6 Å². The lowest BCUT2D eigenvalue weighted by molar-refractivity contribution is -0.119. The van der Waals surface area contributed by atoms with Gasteiger partial charge in [-0.05, 0) is 43.6 Å². The summed E-state index contributed by atoms with van der Waals surface area (Å²) in [5, 5.41) is 4.87. The Hall–Kier alpha value is -2.52. The van der Waals surface area contributed by atoms with Crippen LogP contribution in [0.3, 0.4) is 0 Å². The number of carbonyl (C=O) groups excluding carboxylic acids is 2. The smallest absolute Gasteiger partial charge is 0.238 e. The Bertz CT molecular complexity index is 849. The second kappa shape index (κ2) is 9.43. The molecule has 5 nitrogen and oxygen atoms in total. The molecule has 0 unspecified atom stereocenters. The number of amides is 2. The van der Waals surface area contributed by atoms with Crippen LogP contribution < -0.4 is 10.6 Å². The Morgan fingerprint density at radius 3 is 2.33 bits per heavy atom. The van der Waals surface area contributed by atoms with Crippen LogP contribution >= 0.6 is 11.8 Å². The molecule has 2 aromatic carbocycles. The molecule has 0 saturated heterocycles. The van der Waals surface area contributed by atoms with Gasteiger partial charge in [-0.15, -0.1) is 11.8 Å². The molecule has 0 aromatic heterocycles. The third-order valence-corrected chi connectivity index (χ3v) is 4.22. The maximum absolute atomic E-state index is 13.6. The van der Waals surface area contributed by atoms with Crippen molar-refractivity contribution in [1.29, 1.82) is 0 Å². The highest BCUT2D eigenvalue weighted by molar-refractivity contribution is 7.98. The molecule has 27 heavy (non-hydrogen) atoms. The van der Waals surface area contributed by atoms with Crippen molar-refractivity contribution in [2.45, 2.75) is 4.90 Å². The van der Waals surface area contributed by atoms with Gasteiger partial charge in [-0.25, -0.2) is 13.2 Å². The minimum Gasteiger partial charge on any atom is -0.325 e. The van der Waals surface area contributed by atoms with E-state index in [0.717, 1.165) is 11.0 Å². The monoisotopic (exact) mass is 397 g/mol. The van der Waals surface area contributed by atoms with Crippen molar-refractivity contribution in [3.05, 3.63) is 53.8 Å². The minimum absolute atomic E-state index is 0.0861. The fraction of sp³-hybridized carbons (Fsp3) is 0.222. The van der Waals surface area contributed by atoms with Crippen molar-refractivity contribution >= 4 is 35.0 Å². The molecule has 2 rings (SSSR count). The van der Waals surface area contributed by atoms with E-state index < -0.39 is 29.0 Å². The Kier molecular flexibility index (Phi) is 7.26. The first-order valence-corrected chi connectivity index (χ1v) is 9.08. The third kappa shape index (κ3) is 6.00. The van der Waals surface area contributed by atoms with Crippen LogP contribution in [0.1, 0.15) is 0 Å². The predicted molar refractivity (Wildman–Crippen MR) is 99.3 cm³/mol. The van der Waals surface area contributed by atoms with Gasteiger partial charge >= 0.3 is 0 Å². The van der Waals surface area contributed by atoms with Crippen LogP contribution in [0.2, 0.25) is 0 Å². The van der Waals surface area contributed by atoms with Crippen LogP contribution in [-0.4, -0.2) is 43.1 Å². The first-order valence-electron chi connectivity index (χ1n) is 7.86. The van der Waals surface area contributed by atoms with Gasteiger partial charge in [0, 0.05) is 10.6 Å². The summed E-state index contributed by atoms with van der Waals surface area (Å²) in [6, 6.07) is 8.94. The topological polar surface area (TPSA) is 61.4 Å². The minimum atomic E-state index is -1.66. The zero-order valence-corrected chi connectivity index (χ0v) is 15.5. The highest BCUT2D eigenvalue weighted by Gasteiger charge is 2.17. The maximum atomic E-state index is 13.6. The molecule has 0 aliphatic rings. The van der Waals surface area contributed by atoms with Gasteiger partial charge in [-0.3, -0.25) is 14.5 Å². The summed E-state index contributed by atoms with van der Waals surface area (Å²) < 4.78 is 39.6. The zero-order valence-electron chi connectivity index (χ0n) is 14.7. The van der Waals surface area contributed by atoms with Crippen molar-refractivity contribution in [3.8, 4) is 0 Å². The molecule has 0 aliphatic heterocycles. The number of hydrogen-bond donors (Lipinski definition) is 2. The molecule has 2 amide bonds. The van der Waals surface area contributed by atoms with Crippen molar-refractivity contribution in [1.82, 2.24) is 4.90 Å². The molecular formula is C18H18F3N3O2S. The molecule has 0 spiro atoms. The second-order valence-electron chi connectivity index (χ2n) is 5.72. The van der Waals surface area contributed by atoms with Crippen LogP contribution in [0, 0.1) is 17.5 Å². The molecule has 2 N–H and O–H groups in total. The van der Waals surface area contributed by atoms with Crippen molar-refractivity contribution < 1.29 is 22.8 Å². The number of thioether (sulfide) groups is 1. The van der Waals surface area contributed by atoms with E-state index >= 15 is 0 Å². The quantitative estimate of drug-likeness (QED) is 0.556. The van der Waals surface area contributed by atoms with Crippen molar-refractivity contribution in [3.63, 3.8) is 0 Å². The predicted octanol–water partition coefficient (Wildman–Crippen LogP) is 3.33. The number of nitrogens with one attached hydrogen (secondary N) is 2. The first kappa shape index (κ1) is 20.8. The lowest BCUT2D eigenvalue weighted by atomic mass is 10.2. The lowest BCUT2D eigenvalue weighted by Crippen LogP contribution is -2.36. The summed E-state index contributed by atoms with van der Waals surface area (Å²) in [7, 11) is 1.53. The highest BCUT2D eigenvalue weighted by Crippen LogP contribution is 2.20. The molecule has 9 heteroatoms. The van der Waals surface area contributed by atoms with Crippen LogP contribution in [-0.2, 0) is 9.59 Å². The molecule has 0 atom stereocenters. The Balaban J connectivity index is 1.87. The van der Waals surface area contributed by atoms with Crippen LogP contribution in [0.5, 0.6) is 0 Å². The summed E-state index contributed by atoms with van der Waals surface area (Å²) in [4.78, 5) is 26.4. The maximum Gasteiger partial charge on any atom is 0.238 e. The number of nitrogens with zero attached hydrogens (tertiary/aromatic N) is 1. The summed E-state index contributed by atoms with van der Waals surface area (Å²) in [5.74, 6) is -5.47. The molecule has 0 bridgehead atoms. The normalized spacial score (nSPS) is 10.7. The van der Waals surface area contributed by atoms with Gasteiger partial charge in [0.1, 0.15) is 0 Å². The summed E-state index contributed by atoms with van der Waals surface area (Å²) in [6.07, 6.45) is 1.92. The summed E-state index contributed by atoms with van der Waals surface area (Å²) in [5.41, 5.74) is 0.166. The first-order chi connectivity index (χ1) is 12.8. The summed E-state index contributed by atoms with van der Waals surface area (Å²) >= 11 is 1.54. The van der Waals surface area contributed by atoms with Gasteiger partial charge in [0.05, 0.1) is 18.8 Å². The highest BCUT2D eigenvalue weighted by atomic mass is 32.2. The van der Waals surface area contributed by atoms with E-state index in [1.54, 1.807) is 17.8 Å². The number of anilines is 2. The second-order valence-corrected chi connectivity index (χ2v) is 6.60. The Labute approximate surface area is 158 Å². The largest absolute Gasteiger partial charge is 0.325 e. The van der Waals surface area contributed by atoms with E-state index in [1.165, 1.54) is 11.9 Å².